The predicted octanol–water partition coefficient (Wildman–Crippen LogP) is 2.25. The third-order valence-corrected chi connectivity index (χ3v) is 6.45. The molecule has 28 heavy (non-hydrogen) atoms. The predicted molar refractivity (Wildman–Crippen MR) is 105 cm³/mol. The Kier molecular flexibility index (Phi) is 4.24. The fourth-order valence-corrected chi connectivity index (χ4v) is 4.46. The summed E-state index contributed by atoms with van der Waals surface area (Å²) < 4.78 is 32.2. The molecule has 1 fully saturated rings. The molecule has 0 aliphatic carbocycles. The van der Waals surface area contributed by atoms with Gasteiger partial charge < -0.3 is 19.5 Å². The number of imidazole rings is 1. The van der Waals surface area contributed by atoms with Crippen molar-refractivity contribution in [3.63, 3.8) is 0 Å². The van der Waals surface area contributed by atoms with Crippen molar-refractivity contribution in [2.24, 2.45) is 0 Å². The maximum atomic E-state index is 11.8. The third kappa shape index (κ3) is 2.78. The van der Waals surface area contributed by atoms with Gasteiger partial charge in [-0.1, -0.05) is 12.1 Å². The zero-order valence-corrected chi connectivity index (χ0v) is 16.6. The topological polar surface area (TPSA) is 105 Å². The number of benzene rings is 2. The Morgan fingerprint density at radius 3 is 2.50 bits per heavy atom. The van der Waals surface area contributed by atoms with Gasteiger partial charge in [0.05, 0.1) is 30.4 Å². The smallest absolute Gasteiger partial charge is 0.211 e. The second kappa shape index (κ2) is 6.39. The molecule has 8 nitrogen and oxygen atoms in total. The SMILES string of the molecule is COc1cc(-c2nc3ccccc3n2C2CN(S(C)(=O)=O)C2)c(C)c(O)c1O. The number of aromatic hydroxyl groups is 2. The molecule has 0 spiro atoms. The molecule has 0 atom stereocenters. The Morgan fingerprint density at radius 2 is 1.86 bits per heavy atom. The molecular weight excluding hydrogens is 382 g/mol. The first-order valence-corrected chi connectivity index (χ1v) is 10.6. The average Bonchev–Trinajstić information content (AvgIpc) is 2.97. The fraction of sp³-hybridized carbons (Fsp3) is 0.316. The minimum atomic E-state index is -3.25. The van der Waals surface area contributed by atoms with Crippen molar-refractivity contribution in [2.45, 2.75) is 13.0 Å². The first-order chi connectivity index (χ1) is 13.2. The van der Waals surface area contributed by atoms with Gasteiger partial charge >= 0.3 is 0 Å². The van der Waals surface area contributed by atoms with Gasteiger partial charge in [-0.3, -0.25) is 0 Å². The van der Waals surface area contributed by atoms with Crippen LogP contribution in [0, 0.1) is 6.92 Å². The van der Waals surface area contributed by atoms with Gasteiger partial charge in [0.1, 0.15) is 5.82 Å². The molecule has 1 aliphatic rings. The Morgan fingerprint density at radius 1 is 1.18 bits per heavy atom. The van der Waals surface area contributed by atoms with Gasteiger partial charge in [0.2, 0.25) is 15.8 Å². The van der Waals surface area contributed by atoms with E-state index in [2.05, 4.69) is 0 Å². The minimum absolute atomic E-state index is 0.0848. The van der Waals surface area contributed by atoms with E-state index in [4.69, 9.17) is 9.72 Å². The quantitative estimate of drug-likeness (QED) is 0.648. The highest BCUT2D eigenvalue weighted by Gasteiger charge is 2.37. The number of methoxy groups -OCH3 is 1. The van der Waals surface area contributed by atoms with E-state index in [0.717, 1.165) is 11.0 Å². The first-order valence-electron chi connectivity index (χ1n) is 8.74. The van der Waals surface area contributed by atoms with Crippen molar-refractivity contribution in [1.82, 2.24) is 13.9 Å². The van der Waals surface area contributed by atoms with E-state index in [1.54, 1.807) is 13.0 Å². The molecule has 9 heteroatoms. The monoisotopic (exact) mass is 403 g/mol. The van der Waals surface area contributed by atoms with Crippen molar-refractivity contribution < 1.29 is 23.4 Å². The maximum absolute atomic E-state index is 11.8. The molecule has 0 radical (unpaired) electrons. The highest BCUT2D eigenvalue weighted by Crippen LogP contribution is 2.44. The van der Waals surface area contributed by atoms with Gasteiger partial charge in [-0.2, -0.15) is 4.31 Å². The lowest BCUT2D eigenvalue weighted by Gasteiger charge is -2.39. The lowest BCUT2D eigenvalue weighted by Crippen LogP contribution is -2.50. The number of para-hydroxylation sites is 2. The van der Waals surface area contributed by atoms with E-state index >= 15 is 0 Å². The van der Waals surface area contributed by atoms with Gasteiger partial charge in [0.25, 0.3) is 0 Å². The Hall–Kier alpha value is -2.78. The van der Waals surface area contributed by atoms with Crippen LogP contribution in [0.3, 0.4) is 0 Å². The van der Waals surface area contributed by atoms with Crippen LogP contribution < -0.4 is 4.74 Å². The molecule has 2 aromatic carbocycles. The number of phenolic OH excluding ortho intramolecular Hbond substituents is 2. The van der Waals surface area contributed by atoms with E-state index in [1.807, 2.05) is 28.8 Å². The molecule has 0 unspecified atom stereocenters. The molecule has 2 N–H and O–H groups in total. The summed E-state index contributed by atoms with van der Waals surface area (Å²) in [6.07, 6.45) is 1.20. The summed E-state index contributed by atoms with van der Waals surface area (Å²) in [5, 5.41) is 20.4. The lowest BCUT2D eigenvalue weighted by atomic mass is 10.0. The van der Waals surface area contributed by atoms with Crippen LogP contribution in [0.2, 0.25) is 0 Å². The summed E-state index contributed by atoms with van der Waals surface area (Å²) in [7, 11) is -1.84. The molecule has 1 saturated heterocycles. The maximum Gasteiger partial charge on any atom is 0.211 e. The number of aromatic nitrogens is 2. The zero-order chi connectivity index (χ0) is 20.2. The van der Waals surface area contributed by atoms with Crippen LogP contribution in [0.15, 0.2) is 30.3 Å². The summed E-state index contributed by atoms with van der Waals surface area (Å²) in [4.78, 5) is 4.73. The van der Waals surface area contributed by atoms with Crippen LogP contribution in [-0.2, 0) is 10.0 Å². The van der Waals surface area contributed by atoms with Gasteiger partial charge in [0, 0.05) is 24.2 Å². The molecule has 2 heterocycles. The normalized spacial score (nSPS) is 15.7. The molecule has 0 saturated carbocycles. The van der Waals surface area contributed by atoms with E-state index in [9.17, 15) is 18.6 Å². The average molecular weight is 403 g/mol. The number of hydrogen-bond acceptors (Lipinski definition) is 6. The van der Waals surface area contributed by atoms with Crippen LogP contribution in [0.4, 0.5) is 0 Å². The lowest BCUT2D eigenvalue weighted by molar-refractivity contribution is 0.211. The highest BCUT2D eigenvalue weighted by atomic mass is 32.2. The number of ether oxygens (including phenoxy) is 1. The van der Waals surface area contributed by atoms with Gasteiger partial charge in [-0.25, -0.2) is 13.4 Å². The first kappa shape index (κ1) is 18.6. The van der Waals surface area contributed by atoms with E-state index in [-0.39, 0.29) is 23.3 Å². The molecule has 0 bridgehead atoms. The van der Waals surface area contributed by atoms with Gasteiger partial charge in [-0.05, 0) is 25.1 Å². The van der Waals surface area contributed by atoms with Gasteiger partial charge in [-0.15, -0.1) is 0 Å². The van der Waals surface area contributed by atoms with Crippen molar-refractivity contribution in [3.05, 3.63) is 35.9 Å². The van der Waals surface area contributed by atoms with Gasteiger partial charge in [0.15, 0.2) is 11.5 Å². The second-order valence-corrected chi connectivity index (χ2v) is 8.96. The highest BCUT2D eigenvalue weighted by molar-refractivity contribution is 7.88. The molecule has 4 rings (SSSR count). The van der Waals surface area contributed by atoms with Crippen molar-refractivity contribution in [3.8, 4) is 28.6 Å². The molecular formula is C19H21N3O5S. The van der Waals surface area contributed by atoms with Crippen LogP contribution >= 0.6 is 0 Å². The van der Waals surface area contributed by atoms with Crippen molar-refractivity contribution in [2.75, 3.05) is 26.5 Å². The number of phenols is 2. The van der Waals surface area contributed by atoms with Crippen LogP contribution in [0.25, 0.3) is 22.4 Å². The summed E-state index contributed by atoms with van der Waals surface area (Å²) in [6, 6.07) is 9.15. The number of sulfonamides is 1. The minimum Gasteiger partial charge on any atom is -0.504 e. The van der Waals surface area contributed by atoms with E-state index in [0.29, 0.717) is 30.0 Å². The number of nitrogens with zero attached hydrogens (tertiary/aromatic N) is 3. The zero-order valence-electron chi connectivity index (χ0n) is 15.7. The van der Waals surface area contributed by atoms with E-state index in [1.165, 1.54) is 17.7 Å². The Balaban J connectivity index is 1.91. The van der Waals surface area contributed by atoms with E-state index < -0.39 is 10.0 Å². The number of fused-ring (bicyclic) bond motifs is 1. The van der Waals surface area contributed by atoms with Crippen molar-refractivity contribution in [1.29, 1.82) is 0 Å². The summed E-state index contributed by atoms with van der Waals surface area (Å²) >= 11 is 0. The Bertz CT molecular complexity index is 1180. The third-order valence-electron chi connectivity index (χ3n) is 5.21. The summed E-state index contributed by atoms with van der Waals surface area (Å²) in [5.41, 5.74) is 2.72. The fourth-order valence-electron chi connectivity index (χ4n) is 3.57. The Labute approximate surface area is 162 Å². The largest absolute Gasteiger partial charge is 0.504 e. The standard InChI is InChI=1S/C19H21N3O5S/c1-11-13(8-16(27-2)18(24)17(11)23)19-20-14-6-4-5-7-15(14)22(19)12-9-21(10-12)28(3,25)26/h4-8,12,23-24H,9-10H2,1-3H3. The van der Waals surface area contributed by atoms with Crippen LogP contribution in [-0.4, -0.2) is 58.9 Å². The second-order valence-electron chi connectivity index (χ2n) is 6.98. The molecule has 0 amide bonds. The summed E-state index contributed by atoms with van der Waals surface area (Å²) in [6.45, 7) is 2.40. The van der Waals surface area contributed by atoms with Crippen molar-refractivity contribution >= 4 is 21.1 Å². The summed E-state index contributed by atoms with van der Waals surface area (Å²) in [5.74, 6) is 0.145. The molecule has 148 valence electrons. The van der Waals surface area contributed by atoms with Crippen LogP contribution in [0.5, 0.6) is 17.2 Å². The molecule has 3 aromatic rings. The molecule has 1 aromatic heterocycles. The number of rotatable bonds is 4. The molecule has 1 aliphatic heterocycles. The number of hydrogen-bond donors (Lipinski definition) is 2. The van der Waals surface area contributed by atoms with Crippen LogP contribution in [0.1, 0.15) is 11.6 Å².